The predicted molar refractivity (Wildman–Crippen MR) is 120 cm³/mol. The lowest BCUT2D eigenvalue weighted by Crippen LogP contribution is -2.29. The molecule has 0 aliphatic carbocycles. The molecular weight excluding hydrogens is 453 g/mol. The van der Waals surface area contributed by atoms with Gasteiger partial charge in [0.1, 0.15) is 15.8 Å². The molecule has 3 rings (SSSR count). The van der Waals surface area contributed by atoms with Crippen LogP contribution in [0, 0.1) is 0 Å². The smallest absolute Gasteiger partial charge is 0.303 e. The molecule has 1 amide bonds. The molecular formula is C20H17Cl2NO4S2. The van der Waals surface area contributed by atoms with E-state index in [1.54, 1.807) is 41.3 Å². The van der Waals surface area contributed by atoms with Crippen LogP contribution >= 0.6 is 47.2 Å². The van der Waals surface area contributed by atoms with Crippen LogP contribution in [-0.2, 0) is 9.59 Å². The van der Waals surface area contributed by atoms with Crippen molar-refractivity contribution < 1.29 is 19.1 Å². The molecule has 1 N–H and O–H groups in total. The summed E-state index contributed by atoms with van der Waals surface area (Å²) >= 11 is 19.0. The van der Waals surface area contributed by atoms with Gasteiger partial charge in [0.25, 0.3) is 5.91 Å². The number of furan rings is 1. The number of benzene rings is 1. The van der Waals surface area contributed by atoms with Gasteiger partial charge in [-0.05, 0) is 37.1 Å². The molecule has 1 saturated heterocycles. The lowest BCUT2D eigenvalue weighted by molar-refractivity contribution is -0.137. The summed E-state index contributed by atoms with van der Waals surface area (Å²) in [6.45, 7) is 0.472. The number of amides is 1. The van der Waals surface area contributed by atoms with Crippen molar-refractivity contribution in [2.75, 3.05) is 6.54 Å². The van der Waals surface area contributed by atoms with E-state index in [4.69, 9.17) is 44.9 Å². The molecule has 152 valence electrons. The second-order valence-corrected chi connectivity index (χ2v) is 8.83. The highest BCUT2D eigenvalue weighted by Gasteiger charge is 2.31. The fourth-order valence-electron chi connectivity index (χ4n) is 2.84. The molecule has 1 aliphatic rings. The van der Waals surface area contributed by atoms with Crippen LogP contribution in [0.4, 0.5) is 0 Å². The minimum Gasteiger partial charge on any atom is -0.481 e. The van der Waals surface area contributed by atoms with E-state index in [1.165, 1.54) is 11.8 Å². The van der Waals surface area contributed by atoms with Crippen LogP contribution in [0.1, 0.15) is 31.4 Å². The van der Waals surface area contributed by atoms with Gasteiger partial charge in [0.15, 0.2) is 0 Å². The Hall–Kier alpha value is -1.80. The van der Waals surface area contributed by atoms with Gasteiger partial charge in [-0.3, -0.25) is 14.5 Å². The molecule has 1 aromatic heterocycles. The van der Waals surface area contributed by atoms with Crippen molar-refractivity contribution in [2.24, 2.45) is 0 Å². The second-order valence-electron chi connectivity index (χ2n) is 6.34. The van der Waals surface area contributed by atoms with Crippen LogP contribution in [0.15, 0.2) is 39.7 Å². The zero-order valence-corrected chi connectivity index (χ0v) is 18.3. The van der Waals surface area contributed by atoms with Gasteiger partial charge in [-0.25, -0.2) is 0 Å². The Morgan fingerprint density at radius 3 is 2.59 bits per heavy atom. The largest absolute Gasteiger partial charge is 0.481 e. The quantitative estimate of drug-likeness (QED) is 0.286. The average Bonchev–Trinajstić information content (AvgIpc) is 3.21. The highest BCUT2D eigenvalue weighted by atomic mass is 35.5. The number of carboxylic acids is 1. The number of nitrogens with zero attached hydrogens (tertiary/aromatic N) is 1. The Morgan fingerprint density at radius 2 is 1.90 bits per heavy atom. The minimum atomic E-state index is -0.811. The maximum absolute atomic E-state index is 12.6. The van der Waals surface area contributed by atoms with Crippen LogP contribution in [-0.4, -0.2) is 32.7 Å². The average molecular weight is 470 g/mol. The van der Waals surface area contributed by atoms with Gasteiger partial charge < -0.3 is 9.52 Å². The molecule has 0 radical (unpaired) electrons. The fraction of sp³-hybridized carbons (Fsp3) is 0.250. The predicted octanol–water partition coefficient (Wildman–Crippen LogP) is 6.10. The molecule has 2 heterocycles. The first-order valence-electron chi connectivity index (χ1n) is 8.88. The number of halogens is 2. The van der Waals surface area contributed by atoms with E-state index >= 15 is 0 Å². The normalized spacial score (nSPS) is 15.5. The van der Waals surface area contributed by atoms with Crippen molar-refractivity contribution >= 4 is 69.5 Å². The molecule has 1 fully saturated rings. The zero-order chi connectivity index (χ0) is 21.0. The first-order chi connectivity index (χ1) is 13.9. The summed E-state index contributed by atoms with van der Waals surface area (Å²) in [5.74, 6) is 0.0279. The van der Waals surface area contributed by atoms with Gasteiger partial charge in [0, 0.05) is 19.0 Å². The number of thiocarbonyl (C=S) groups is 1. The molecule has 2 aromatic rings. The van der Waals surface area contributed by atoms with Crippen molar-refractivity contribution in [2.45, 2.75) is 25.7 Å². The third kappa shape index (κ3) is 5.42. The van der Waals surface area contributed by atoms with Gasteiger partial charge in [0.2, 0.25) is 0 Å². The van der Waals surface area contributed by atoms with Crippen LogP contribution < -0.4 is 0 Å². The van der Waals surface area contributed by atoms with Gasteiger partial charge in [-0.15, -0.1) is 0 Å². The van der Waals surface area contributed by atoms with Gasteiger partial charge in [-0.1, -0.05) is 59.7 Å². The minimum absolute atomic E-state index is 0.134. The summed E-state index contributed by atoms with van der Waals surface area (Å²) in [6.07, 6.45) is 3.79. The van der Waals surface area contributed by atoms with E-state index in [-0.39, 0.29) is 12.3 Å². The Labute approximate surface area is 187 Å². The Bertz CT molecular complexity index is 966. The maximum Gasteiger partial charge on any atom is 0.303 e. The summed E-state index contributed by atoms with van der Waals surface area (Å²) in [6, 6.07) is 8.71. The SMILES string of the molecule is O=C(O)CCCCCN1C(=O)/C(=C/c2ccc(-c3c(Cl)cccc3Cl)o2)SC1=S. The molecule has 9 heteroatoms. The van der Waals surface area contributed by atoms with Crippen LogP contribution in [0.2, 0.25) is 10.0 Å². The molecule has 0 unspecified atom stereocenters. The zero-order valence-electron chi connectivity index (χ0n) is 15.2. The van der Waals surface area contributed by atoms with Crippen molar-refractivity contribution in [3.05, 3.63) is 51.0 Å². The highest BCUT2D eigenvalue weighted by Crippen LogP contribution is 2.37. The van der Waals surface area contributed by atoms with E-state index in [1.807, 2.05) is 0 Å². The molecule has 0 atom stereocenters. The molecule has 0 bridgehead atoms. The Morgan fingerprint density at radius 1 is 1.17 bits per heavy atom. The monoisotopic (exact) mass is 469 g/mol. The van der Waals surface area contributed by atoms with E-state index in [0.29, 0.717) is 55.7 Å². The molecule has 1 aliphatic heterocycles. The number of rotatable bonds is 8. The van der Waals surface area contributed by atoms with Gasteiger partial charge >= 0.3 is 5.97 Å². The number of hydrogen-bond donors (Lipinski definition) is 1. The Kier molecular flexibility index (Phi) is 7.40. The van der Waals surface area contributed by atoms with E-state index in [9.17, 15) is 9.59 Å². The van der Waals surface area contributed by atoms with E-state index < -0.39 is 5.97 Å². The number of aliphatic carboxylic acids is 1. The van der Waals surface area contributed by atoms with Crippen LogP contribution in [0.5, 0.6) is 0 Å². The van der Waals surface area contributed by atoms with E-state index in [0.717, 1.165) is 6.42 Å². The first-order valence-corrected chi connectivity index (χ1v) is 10.9. The summed E-state index contributed by atoms with van der Waals surface area (Å²) in [5.41, 5.74) is 0.601. The van der Waals surface area contributed by atoms with Crippen molar-refractivity contribution in [3.8, 4) is 11.3 Å². The summed E-state index contributed by atoms with van der Waals surface area (Å²) in [4.78, 5) is 25.2. The first kappa shape index (κ1) is 21.9. The number of carboxylic acid groups (broad SMARTS) is 1. The molecule has 0 saturated carbocycles. The number of carbonyl (C=O) groups excluding carboxylic acids is 1. The van der Waals surface area contributed by atoms with Crippen molar-refractivity contribution in [3.63, 3.8) is 0 Å². The number of hydrogen-bond acceptors (Lipinski definition) is 5. The topological polar surface area (TPSA) is 70.8 Å². The Balaban J connectivity index is 1.67. The highest BCUT2D eigenvalue weighted by molar-refractivity contribution is 8.26. The summed E-state index contributed by atoms with van der Waals surface area (Å²) in [5, 5.41) is 9.63. The maximum atomic E-state index is 12.6. The molecule has 5 nitrogen and oxygen atoms in total. The van der Waals surface area contributed by atoms with E-state index in [2.05, 4.69) is 0 Å². The number of unbranched alkanes of at least 4 members (excludes halogenated alkanes) is 2. The standard InChI is InChI=1S/C20H17Cl2NO4S2/c21-13-5-4-6-14(22)18(13)15-9-8-12(27-15)11-16-19(26)23(20(28)29-16)10-3-1-2-7-17(24)25/h4-6,8-9,11H,1-3,7,10H2,(H,24,25)/b16-11-. The molecule has 0 spiro atoms. The summed E-state index contributed by atoms with van der Waals surface area (Å²) in [7, 11) is 0. The van der Waals surface area contributed by atoms with Crippen LogP contribution in [0.3, 0.4) is 0 Å². The van der Waals surface area contributed by atoms with Crippen LogP contribution in [0.25, 0.3) is 17.4 Å². The summed E-state index contributed by atoms with van der Waals surface area (Å²) < 4.78 is 6.31. The lowest BCUT2D eigenvalue weighted by Gasteiger charge is -2.13. The van der Waals surface area contributed by atoms with Crippen molar-refractivity contribution in [1.82, 2.24) is 4.90 Å². The van der Waals surface area contributed by atoms with Gasteiger partial charge in [0.05, 0.1) is 20.5 Å². The second kappa shape index (κ2) is 9.80. The lowest BCUT2D eigenvalue weighted by atomic mass is 10.2. The fourth-order valence-corrected chi connectivity index (χ4v) is 4.72. The number of carbonyl (C=O) groups is 2. The molecule has 29 heavy (non-hydrogen) atoms. The molecule has 1 aromatic carbocycles. The van der Waals surface area contributed by atoms with Gasteiger partial charge in [-0.2, -0.15) is 0 Å². The van der Waals surface area contributed by atoms with Crippen molar-refractivity contribution in [1.29, 1.82) is 0 Å². The number of thioether (sulfide) groups is 1. The third-order valence-electron chi connectivity index (χ3n) is 4.26. The third-order valence-corrected chi connectivity index (χ3v) is 6.26.